The van der Waals surface area contributed by atoms with E-state index >= 15 is 0 Å². The molecule has 0 aliphatic heterocycles. The zero-order valence-electron chi connectivity index (χ0n) is 14.7. The quantitative estimate of drug-likeness (QED) is 0.740. The number of rotatable bonds is 6. The van der Waals surface area contributed by atoms with Crippen molar-refractivity contribution < 1.29 is 14.3 Å². The Bertz CT molecular complexity index is 966. The fraction of sp³-hybridized carbons (Fsp3) is 0.200. The first-order valence-electron chi connectivity index (χ1n) is 8.16. The predicted molar refractivity (Wildman–Crippen MR) is 101 cm³/mol. The number of para-hydroxylation sites is 1. The second-order valence-electron chi connectivity index (χ2n) is 5.83. The lowest BCUT2D eigenvalue weighted by atomic mass is 10.1. The summed E-state index contributed by atoms with van der Waals surface area (Å²) in [5, 5.41) is 0.868. The largest absolute Gasteiger partial charge is 0.497 e. The van der Waals surface area contributed by atoms with Gasteiger partial charge in [0.05, 0.1) is 19.2 Å². The van der Waals surface area contributed by atoms with Crippen molar-refractivity contribution in [1.29, 1.82) is 0 Å². The van der Waals surface area contributed by atoms with Crippen molar-refractivity contribution in [2.75, 3.05) is 25.7 Å². The van der Waals surface area contributed by atoms with Crippen molar-refractivity contribution in [3.05, 3.63) is 70.5 Å². The molecule has 0 bridgehead atoms. The Morgan fingerprint density at radius 2 is 1.85 bits per heavy atom. The van der Waals surface area contributed by atoms with Crippen LogP contribution in [0, 0.1) is 0 Å². The molecule has 6 nitrogen and oxygen atoms in total. The maximum Gasteiger partial charge on any atom is 0.253 e. The number of carbonyl (C=O) groups excluding carboxylic acids is 1. The van der Waals surface area contributed by atoms with Crippen molar-refractivity contribution in [2.45, 2.75) is 6.54 Å². The van der Waals surface area contributed by atoms with Crippen molar-refractivity contribution in [3.8, 4) is 5.75 Å². The van der Waals surface area contributed by atoms with Gasteiger partial charge in [-0.1, -0.05) is 18.2 Å². The summed E-state index contributed by atoms with van der Waals surface area (Å²) in [6, 6.07) is 16.5. The number of fused-ring (bicyclic) bond motifs is 1. The summed E-state index contributed by atoms with van der Waals surface area (Å²) in [6.45, 7) is 0.0983. The Balaban J connectivity index is 1.99. The highest BCUT2D eigenvalue weighted by Gasteiger charge is 2.18. The zero-order valence-corrected chi connectivity index (χ0v) is 14.7. The summed E-state index contributed by atoms with van der Waals surface area (Å²) in [7, 11) is 3.05. The van der Waals surface area contributed by atoms with E-state index in [1.165, 1.54) is 7.11 Å². The van der Waals surface area contributed by atoms with Gasteiger partial charge in [-0.15, -0.1) is 0 Å². The third kappa shape index (κ3) is 3.75. The first-order chi connectivity index (χ1) is 12.6. The van der Waals surface area contributed by atoms with Crippen LogP contribution < -0.4 is 15.2 Å². The molecule has 0 saturated carbocycles. The van der Waals surface area contributed by atoms with Gasteiger partial charge in [-0.25, -0.2) is 0 Å². The van der Waals surface area contributed by atoms with E-state index < -0.39 is 0 Å². The number of carbonyl (C=O) groups is 1. The molecule has 3 rings (SSSR count). The molecule has 1 aromatic heterocycles. The molecule has 0 spiro atoms. The van der Waals surface area contributed by atoms with Crippen LogP contribution in [0.15, 0.2) is 59.4 Å². The SMILES string of the molecule is COCC(=O)N(Cc1cc2ccc(OC)cc2[nH]c1=O)c1ccccc1. The summed E-state index contributed by atoms with van der Waals surface area (Å²) < 4.78 is 10.2. The van der Waals surface area contributed by atoms with E-state index in [1.807, 2.05) is 42.5 Å². The monoisotopic (exact) mass is 352 g/mol. The molecule has 1 amide bonds. The number of methoxy groups -OCH3 is 2. The van der Waals surface area contributed by atoms with E-state index in [1.54, 1.807) is 24.1 Å². The topological polar surface area (TPSA) is 71.6 Å². The summed E-state index contributed by atoms with van der Waals surface area (Å²) in [4.78, 5) is 29.4. The number of hydrogen-bond donors (Lipinski definition) is 1. The molecule has 1 heterocycles. The standard InChI is InChI=1S/C20H20N2O4/c1-25-13-19(23)22(16-6-4-3-5-7-16)12-15-10-14-8-9-17(26-2)11-18(14)21-20(15)24/h3-11H,12-13H2,1-2H3,(H,21,24). The molecule has 2 aromatic carbocycles. The fourth-order valence-corrected chi connectivity index (χ4v) is 2.77. The summed E-state index contributed by atoms with van der Waals surface area (Å²) in [6.07, 6.45) is 0. The van der Waals surface area contributed by atoms with E-state index in [4.69, 9.17) is 9.47 Å². The molecule has 0 atom stereocenters. The summed E-state index contributed by atoms with van der Waals surface area (Å²) >= 11 is 0. The van der Waals surface area contributed by atoms with Gasteiger partial charge < -0.3 is 19.4 Å². The zero-order chi connectivity index (χ0) is 18.5. The van der Waals surface area contributed by atoms with Crippen LogP contribution in [0.2, 0.25) is 0 Å². The molecular formula is C20H20N2O4. The van der Waals surface area contributed by atoms with E-state index in [0.717, 1.165) is 5.39 Å². The minimum Gasteiger partial charge on any atom is -0.497 e. The van der Waals surface area contributed by atoms with Crippen LogP contribution in [0.25, 0.3) is 10.9 Å². The third-order valence-corrected chi connectivity index (χ3v) is 4.10. The van der Waals surface area contributed by atoms with Crippen molar-refractivity contribution in [2.24, 2.45) is 0 Å². The van der Waals surface area contributed by atoms with Crippen LogP contribution in [0.1, 0.15) is 5.56 Å². The Labute approximate surface area is 151 Å². The van der Waals surface area contributed by atoms with E-state index in [0.29, 0.717) is 22.5 Å². The minimum atomic E-state index is -0.239. The lowest BCUT2D eigenvalue weighted by Crippen LogP contribution is -2.35. The highest BCUT2D eigenvalue weighted by atomic mass is 16.5. The van der Waals surface area contributed by atoms with Crippen LogP contribution in [0.5, 0.6) is 5.75 Å². The van der Waals surface area contributed by atoms with Crippen molar-refractivity contribution >= 4 is 22.5 Å². The highest BCUT2D eigenvalue weighted by Crippen LogP contribution is 2.21. The smallest absolute Gasteiger partial charge is 0.253 e. The number of amides is 1. The number of aromatic nitrogens is 1. The second-order valence-corrected chi connectivity index (χ2v) is 5.83. The van der Waals surface area contributed by atoms with Gasteiger partial charge in [0.15, 0.2) is 0 Å². The number of H-pyrrole nitrogens is 1. The molecule has 0 unspecified atom stereocenters. The Kier molecular flexibility index (Phi) is 5.34. The summed E-state index contributed by atoms with van der Waals surface area (Å²) in [5.74, 6) is 0.454. The van der Waals surface area contributed by atoms with Gasteiger partial charge in [-0.2, -0.15) is 0 Å². The maximum atomic E-state index is 12.5. The number of nitrogens with zero attached hydrogens (tertiary/aromatic N) is 1. The van der Waals surface area contributed by atoms with Gasteiger partial charge in [0.25, 0.3) is 11.5 Å². The van der Waals surface area contributed by atoms with Gasteiger partial charge >= 0.3 is 0 Å². The molecule has 1 N–H and O–H groups in total. The van der Waals surface area contributed by atoms with E-state index in [2.05, 4.69) is 4.98 Å². The molecule has 0 radical (unpaired) electrons. The lowest BCUT2D eigenvalue weighted by Gasteiger charge is -2.22. The second kappa shape index (κ2) is 7.84. The molecule has 0 saturated heterocycles. The highest BCUT2D eigenvalue weighted by molar-refractivity contribution is 5.94. The predicted octanol–water partition coefficient (Wildman–Crippen LogP) is 2.72. The van der Waals surface area contributed by atoms with Crippen molar-refractivity contribution in [1.82, 2.24) is 4.98 Å². The molecule has 6 heteroatoms. The Morgan fingerprint density at radius 3 is 2.54 bits per heavy atom. The Hall–Kier alpha value is -3.12. The average molecular weight is 352 g/mol. The normalized spacial score (nSPS) is 10.7. The van der Waals surface area contributed by atoms with E-state index in [-0.39, 0.29) is 24.6 Å². The van der Waals surface area contributed by atoms with Crippen LogP contribution in [0.4, 0.5) is 5.69 Å². The molecule has 0 fully saturated rings. The molecule has 3 aromatic rings. The van der Waals surface area contributed by atoms with Gasteiger partial charge in [-0.3, -0.25) is 9.59 Å². The van der Waals surface area contributed by atoms with Crippen LogP contribution >= 0.6 is 0 Å². The van der Waals surface area contributed by atoms with Gasteiger partial charge in [-0.05, 0) is 35.7 Å². The van der Waals surface area contributed by atoms with Gasteiger partial charge in [0.1, 0.15) is 12.4 Å². The molecule has 134 valence electrons. The molecule has 0 aliphatic rings. The van der Waals surface area contributed by atoms with Gasteiger partial charge in [0.2, 0.25) is 0 Å². The number of benzene rings is 2. The first kappa shape index (κ1) is 17.7. The number of ether oxygens (including phenoxy) is 2. The van der Waals surface area contributed by atoms with E-state index in [9.17, 15) is 9.59 Å². The number of aromatic amines is 1. The molecular weight excluding hydrogens is 332 g/mol. The van der Waals surface area contributed by atoms with Gasteiger partial charge in [0, 0.05) is 24.4 Å². The van der Waals surface area contributed by atoms with Crippen LogP contribution in [0.3, 0.4) is 0 Å². The molecule has 0 aliphatic carbocycles. The third-order valence-electron chi connectivity index (χ3n) is 4.10. The number of nitrogens with one attached hydrogen (secondary N) is 1. The number of pyridine rings is 1. The van der Waals surface area contributed by atoms with Crippen molar-refractivity contribution in [3.63, 3.8) is 0 Å². The minimum absolute atomic E-state index is 0.0580. The lowest BCUT2D eigenvalue weighted by molar-refractivity contribution is -0.122. The van der Waals surface area contributed by atoms with Crippen LogP contribution in [-0.4, -0.2) is 31.7 Å². The Morgan fingerprint density at radius 1 is 1.08 bits per heavy atom. The van der Waals surface area contributed by atoms with Crippen LogP contribution in [-0.2, 0) is 16.1 Å². The fourth-order valence-electron chi connectivity index (χ4n) is 2.77. The first-order valence-corrected chi connectivity index (χ1v) is 8.16. The number of anilines is 1. The number of hydrogen-bond acceptors (Lipinski definition) is 4. The summed E-state index contributed by atoms with van der Waals surface area (Å²) in [5.41, 5.74) is 1.66. The average Bonchev–Trinajstić information content (AvgIpc) is 2.66. The molecule has 26 heavy (non-hydrogen) atoms. The maximum absolute atomic E-state index is 12.5.